The first-order valence-corrected chi connectivity index (χ1v) is 9.31. The second kappa shape index (κ2) is 7.73. The van der Waals surface area contributed by atoms with Gasteiger partial charge >= 0.3 is 0 Å². The van der Waals surface area contributed by atoms with Crippen molar-refractivity contribution in [3.8, 4) is 5.75 Å². The lowest BCUT2D eigenvalue weighted by Crippen LogP contribution is -2.27. The van der Waals surface area contributed by atoms with Crippen LogP contribution in [0.5, 0.6) is 5.75 Å². The fraction of sp³-hybridized carbons (Fsp3) is 0.200. The van der Waals surface area contributed by atoms with E-state index in [1.54, 1.807) is 12.1 Å². The molecular weight excluding hydrogens is 383 g/mol. The van der Waals surface area contributed by atoms with Gasteiger partial charge in [-0.3, -0.25) is 0 Å². The van der Waals surface area contributed by atoms with E-state index < -0.39 is 21.7 Å². The topological polar surface area (TPSA) is 63.6 Å². The van der Waals surface area contributed by atoms with Crippen LogP contribution in [0.4, 0.5) is 0 Å². The fourth-order valence-corrected chi connectivity index (χ4v) is 3.56. The molecule has 2 rings (SSSR count). The first kappa shape index (κ1) is 18.4. The summed E-state index contributed by atoms with van der Waals surface area (Å²) in [5.41, 5.74) is 0. The highest BCUT2D eigenvalue weighted by atomic mass is 35.5. The van der Waals surface area contributed by atoms with Gasteiger partial charge in [0.05, 0.1) is 20.7 Å². The van der Waals surface area contributed by atoms with Gasteiger partial charge in [0.15, 0.2) is 9.84 Å². The van der Waals surface area contributed by atoms with E-state index in [-0.39, 0.29) is 11.5 Å². The van der Waals surface area contributed by atoms with E-state index in [0.717, 1.165) is 0 Å². The Hall–Kier alpha value is -0.980. The number of aliphatic hydroxyl groups excluding tert-OH is 1. The van der Waals surface area contributed by atoms with Crippen LogP contribution in [0, 0.1) is 0 Å². The first-order valence-electron chi connectivity index (χ1n) is 6.52. The molecule has 8 heteroatoms. The van der Waals surface area contributed by atoms with Crippen LogP contribution < -0.4 is 4.74 Å². The highest BCUT2D eigenvalue weighted by Gasteiger charge is 2.20. The average molecular weight is 396 g/mol. The SMILES string of the molecule is O=S(=O)(C[C@H](O)COc1ccc(Cl)c(Cl)c1)c1ccc(Cl)cc1. The second-order valence-electron chi connectivity index (χ2n) is 4.78. The zero-order valence-electron chi connectivity index (χ0n) is 11.7. The largest absolute Gasteiger partial charge is 0.491 e. The maximum atomic E-state index is 12.2. The van der Waals surface area contributed by atoms with E-state index in [0.29, 0.717) is 20.8 Å². The van der Waals surface area contributed by atoms with Gasteiger partial charge in [-0.2, -0.15) is 0 Å². The number of benzene rings is 2. The van der Waals surface area contributed by atoms with Gasteiger partial charge in [-0.15, -0.1) is 0 Å². The number of rotatable bonds is 6. The van der Waals surface area contributed by atoms with E-state index in [4.69, 9.17) is 39.5 Å². The van der Waals surface area contributed by atoms with Crippen molar-refractivity contribution in [3.63, 3.8) is 0 Å². The number of ether oxygens (including phenoxy) is 1. The minimum Gasteiger partial charge on any atom is -0.491 e. The summed E-state index contributed by atoms with van der Waals surface area (Å²) < 4.78 is 29.7. The van der Waals surface area contributed by atoms with E-state index >= 15 is 0 Å². The number of aliphatic hydroxyl groups is 1. The van der Waals surface area contributed by atoms with Crippen LogP contribution in [-0.2, 0) is 9.84 Å². The van der Waals surface area contributed by atoms with E-state index in [1.807, 2.05) is 0 Å². The van der Waals surface area contributed by atoms with Crippen molar-refractivity contribution in [3.05, 3.63) is 57.5 Å². The van der Waals surface area contributed by atoms with Gasteiger partial charge in [0.25, 0.3) is 0 Å². The summed E-state index contributed by atoms with van der Waals surface area (Å²) in [7, 11) is -3.63. The Balaban J connectivity index is 1.97. The summed E-state index contributed by atoms with van der Waals surface area (Å²) in [5, 5.41) is 11.0. The molecule has 0 bridgehead atoms. The van der Waals surface area contributed by atoms with E-state index in [2.05, 4.69) is 0 Å². The van der Waals surface area contributed by atoms with Crippen molar-refractivity contribution < 1.29 is 18.3 Å². The molecule has 0 aromatic heterocycles. The average Bonchev–Trinajstić information content (AvgIpc) is 2.48. The summed E-state index contributed by atoms with van der Waals surface area (Å²) in [6.07, 6.45) is -1.19. The molecule has 0 saturated heterocycles. The first-order chi connectivity index (χ1) is 10.8. The monoisotopic (exact) mass is 394 g/mol. The normalized spacial score (nSPS) is 12.9. The molecular formula is C15H13Cl3O4S. The van der Waals surface area contributed by atoms with Gasteiger partial charge in [0.1, 0.15) is 18.5 Å². The third-order valence-corrected chi connectivity index (χ3v) is 5.72. The zero-order valence-corrected chi connectivity index (χ0v) is 14.8. The van der Waals surface area contributed by atoms with Gasteiger partial charge in [0.2, 0.25) is 0 Å². The summed E-state index contributed by atoms with van der Waals surface area (Å²) >= 11 is 17.4. The van der Waals surface area contributed by atoms with E-state index in [1.165, 1.54) is 30.3 Å². The molecule has 23 heavy (non-hydrogen) atoms. The Morgan fingerprint density at radius 3 is 2.26 bits per heavy atom. The molecule has 0 fully saturated rings. The number of sulfone groups is 1. The summed E-state index contributed by atoms with van der Waals surface area (Å²) in [4.78, 5) is 0.0930. The molecule has 4 nitrogen and oxygen atoms in total. The van der Waals surface area contributed by atoms with Crippen LogP contribution in [0.25, 0.3) is 0 Å². The highest BCUT2D eigenvalue weighted by molar-refractivity contribution is 7.91. The zero-order chi connectivity index (χ0) is 17.0. The van der Waals surface area contributed by atoms with Crippen LogP contribution in [0.15, 0.2) is 47.4 Å². The van der Waals surface area contributed by atoms with Gasteiger partial charge in [-0.1, -0.05) is 34.8 Å². The van der Waals surface area contributed by atoms with Gasteiger partial charge in [-0.25, -0.2) is 8.42 Å². The molecule has 1 atom stereocenters. The van der Waals surface area contributed by atoms with Gasteiger partial charge < -0.3 is 9.84 Å². The molecule has 0 unspecified atom stereocenters. The Morgan fingerprint density at radius 2 is 1.65 bits per heavy atom. The van der Waals surface area contributed by atoms with Crippen LogP contribution in [0.3, 0.4) is 0 Å². The van der Waals surface area contributed by atoms with Crippen molar-refractivity contribution in [1.82, 2.24) is 0 Å². The quantitative estimate of drug-likeness (QED) is 0.806. The Kier molecular flexibility index (Phi) is 6.17. The lowest BCUT2D eigenvalue weighted by atomic mass is 10.3. The number of hydrogen-bond acceptors (Lipinski definition) is 4. The Morgan fingerprint density at radius 1 is 1.00 bits per heavy atom. The summed E-state index contributed by atoms with van der Waals surface area (Å²) in [5.74, 6) is -0.0713. The van der Waals surface area contributed by atoms with Crippen LogP contribution in [-0.4, -0.2) is 32.0 Å². The maximum absolute atomic E-state index is 12.2. The minimum atomic E-state index is -3.63. The van der Waals surface area contributed by atoms with Gasteiger partial charge in [-0.05, 0) is 36.4 Å². The maximum Gasteiger partial charge on any atom is 0.181 e. The summed E-state index contributed by atoms with van der Waals surface area (Å²) in [6, 6.07) is 10.4. The number of hydrogen-bond donors (Lipinski definition) is 1. The molecule has 0 amide bonds. The summed E-state index contributed by atoms with van der Waals surface area (Å²) in [6.45, 7) is -0.190. The van der Waals surface area contributed by atoms with Gasteiger partial charge in [0, 0.05) is 11.1 Å². The predicted molar refractivity (Wildman–Crippen MR) is 91.5 cm³/mol. The predicted octanol–water partition coefficient (Wildman–Crippen LogP) is 3.86. The molecule has 124 valence electrons. The Bertz CT molecular complexity index is 776. The molecule has 0 radical (unpaired) electrons. The number of halogens is 3. The molecule has 0 aliphatic carbocycles. The molecule has 1 N–H and O–H groups in total. The molecule has 0 saturated carbocycles. The standard InChI is InChI=1S/C15H13Cl3O4S/c16-10-1-4-13(5-2-10)23(20,21)9-11(19)8-22-12-3-6-14(17)15(18)7-12/h1-7,11,19H,8-9H2/t11-/m1/s1. The third kappa shape index (κ3) is 5.26. The van der Waals surface area contributed by atoms with Crippen LogP contribution in [0.1, 0.15) is 0 Å². The van der Waals surface area contributed by atoms with Crippen molar-refractivity contribution >= 4 is 44.6 Å². The second-order valence-corrected chi connectivity index (χ2v) is 8.06. The molecule has 0 aliphatic rings. The molecule has 0 heterocycles. The van der Waals surface area contributed by atoms with Crippen molar-refractivity contribution in [2.24, 2.45) is 0 Å². The van der Waals surface area contributed by atoms with Crippen molar-refractivity contribution in [2.45, 2.75) is 11.0 Å². The molecule has 2 aromatic rings. The van der Waals surface area contributed by atoms with Crippen LogP contribution in [0.2, 0.25) is 15.1 Å². The highest BCUT2D eigenvalue weighted by Crippen LogP contribution is 2.26. The minimum absolute atomic E-state index is 0.0930. The van der Waals surface area contributed by atoms with Crippen molar-refractivity contribution in [1.29, 1.82) is 0 Å². The molecule has 0 spiro atoms. The lowest BCUT2D eigenvalue weighted by Gasteiger charge is -2.13. The van der Waals surface area contributed by atoms with E-state index in [9.17, 15) is 13.5 Å². The molecule has 2 aromatic carbocycles. The smallest absolute Gasteiger partial charge is 0.181 e. The Labute approximate surface area is 149 Å². The lowest BCUT2D eigenvalue weighted by molar-refractivity contribution is 0.125. The fourth-order valence-electron chi connectivity index (χ4n) is 1.80. The third-order valence-electron chi connectivity index (χ3n) is 2.92. The van der Waals surface area contributed by atoms with Crippen molar-refractivity contribution in [2.75, 3.05) is 12.4 Å². The molecule has 0 aliphatic heterocycles. The van der Waals surface area contributed by atoms with Crippen LogP contribution >= 0.6 is 34.8 Å².